The molecule has 2 aromatic carbocycles. The number of rotatable bonds is 9. The molecule has 0 amide bonds. The summed E-state index contributed by atoms with van der Waals surface area (Å²) in [5, 5.41) is 18.4. The minimum absolute atomic E-state index is 0. The quantitative estimate of drug-likeness (QED) is 0.614. The lowest BCUT2D eigenvalue weighted by molar-refractivity contribution is 0.113. The molecule has 5 heteroatoms. The van der Waals surface area contributed by atoms with Crippen LogP contribution in [-0.2, 0) is 6.42 Å². The molecule has 0 unspecified atom stereocenters. The number of hydrogen-bond donors (Lipinski definition) is 3. The average molecular weight is 380 g/mol. The number of aliphatic hydroxyl groups is 2. The lowest BCUT2D eigenvalue weighted by Crippen LogP contribution is -2.47. The molecule has 0 aliphatic rings. The number of ether oxygens (including phenoxy) is 1. The Balaban J connectivity index is 0.00000338. The molecule has 4 N–H and O–H groups in total. The van der Waals surface area contributed by atoms with Gasteiger partial charge in [0.2, 0.25) is 0 Å². The van der Waals surface area contributed by atoms with Crippen molar-refractivity contribution in [2.75, 3.05) is 13.2 Å². The number of hydrogen-bond acceptors (Lipinski definition) is 4. The lowest BCUT2D eigenvalue weighted by atomic mass is 9.94. The Labute approximate surface area is 162 Å². The SMILES string of the molecule is CC(C)c1cccc(Oc2ccc(CCCC(N)(CO)CO)cc2)c1.Cl. The van der Waals surface area contributed by atoms with Crippen LogP contribution in [0.15, 0.2) is 48.5 Å². The van der Waals surface area contributed by atoms with Gasteiger partial charge in [0, 0.05) is 0 Å². The highest BCUT2D eigenvalue weighted by Gasteiger charge is 2.22. The molecule has 0 saturated heterocycles. The zero-order valence-electron chi connectivity index (χ0n) is 15.5. The molecule has 0 saturated carbocycles. The number of aryl methyl sites for hydroxylation is 1. The van der Waals surface area contributed by atoms with Crippen LogP contribution in [0.25, 0.3) is 0 Å². The van der Waals surface area contributed by atoms with Gasteiger partial charge in [-0.1, -0.05) is 38.1 Å². The van der Waals surface area contributed by atoms with E-state index in [1.54, 1.807) is 0 Å². The second-order valence-electron chi connectivity index (χ2n) is 7.01. The smallest absolute Gasteiger partial charge is 0.127 e. The number of benzene rings is 2. The van der Waals surface area contributed by atoms with Crippen molar-refractivity contribution in [3.8, 4) is 11.5 Å². The van der Waals surface area contributed by atoms with Crippen molar-refractivity contribution in [2.45, 2.75) is 44.6 Å². The third-order valence-electron chi connectivity index (χ3n) is 4.45. The highest BCUT2D eigenvalue weighted by atomic mass is 35.5. The van der Waals surface area contributed by atoms with Gasteiger partial charge in [0.05, 0.1) is 18.8 Å². The zero-order valence-corrected chi connectivity index (χ0v) is 16.3. The summed E-state index contributed by atoms with van der Waals surface area (Å²) in [7, 11) is 0. The summed E-state index contributed by atoms with van der Waals surface area (Å²) in [6.07, 6.45) is 2.25. The molecule has 0 aromatic heterocycles. The third kappa shape index (κ3) is 6.61. The van der Waals surface area contributed by atoms with Gasteiger partial charge in [0.25, 0.3) is 0 Å². The number of halogens is 1. The van der Waals surface area contributed by atoms with Crippen LogP contribution in [0.4, 0.5) is 0 Å². The molecule has 0 heterocycles. The van der Waals surface area contributed by atoms with Gasteiger partial charge in [0.15, 0.2) is 0 Å². The van der Waals surface area contributed by atoms with Gasteiger partial charge in [0.1, 0.15) is 11.5 Å². The topological polar surface area (TPSA) is 75.7 Å². The van der Waals surface area contributed by atoms with Crippen LogP contribution in [-0.4, -0.2) is 29.0 Å². The molecule has 0 bridgehead atoms. The van der Waals surface area contributed by atoms with E-state index in [1.165, 1.54) is 11.1 Å². The monoisotopic (exact) mass is 379 g/mol. The predicted octanol–water partition coefficient (Wildman–Crippen LogP) is 4.03. The van der Waals surface area contributed by atoms with E-state index in [1.807, 2.05) is 36.4 Å². The van der Waals surface area contributed by atoms with E-state index >= 15 is 0 Å². The van der Waals surface area contributed by atoms with E-state index in [4.69, 9.17) is 10.5 Å². The van der Waals surface area contributed by atoms with Gasteiger partial charge >= 0.3 is 0 Å². The van der Waals surface area contributed by atoms with Crippen molar-refractivity contribution in [1.82, 2.24) is 0 Å². The summed E-state index contributed by atoms with van der Waals surface area (Å²) < 4.78 is 5.93. The van der Waals surface area contributed by atoms with Crippen LogP contribution in [0, 0.1) is 0 Å². The largest absolute Gasteiger partial charge is 0.457 e. The van der Waals surface area contributed by atoms with Crippen LogP contribution >= 0.6 is 12.4 Å². The van der Waals surface area contributed by atoms with Gasteiger partial charge in [-0.2, -0.15) is 0 Å². The fourth-order valence-corrected chi connectivity index (χ4v) is 2.65. The molecule has 2 rings (SSSR count). The molecule has 0 atom stereocenters. The molecule has 144 valence electrons. The summed E-state index contributed by atoms with van der Waals surface area (Å²) >= 11 is 0. The Morgan fingerprint density at radius 3 is 2.23 bits per heavy atom. The van der Waals surface area contributed by atoms with E-state index < -0.39 is 5.54 Å². The maximum Gasteiger partial charge on any atom is 0.127 e. The van der Waals surface area contributed by atoms with Gasteiger partial charge in [-0.15, -0.1) is 12.4 Å². The Hall–Kier alpha value is -1.59. The van der Waals surface area contributed by atoms with E-state index in [0.29, 0.717) is 12.3 Å². The van der Waals surface area contributed by atoms with Gasteiger partial charge in [-0.05, 0) is 60.6 Å². The van der Waals surface area contributed by atoms with Crippen molar-refractivity contribution in [2.24, 2.45) is 5.73 Å². The van der Waals surface area contributed by atoms with E-state index in [-0.39, 0.29) is 25.6 Å². The summed E-state index contributed by atoms with van der Waals surface area (Å²) in [5.74, 6) is 2.12. The first-order valence-electron chi connectivity index (χ1n) is 8.83. The van der Waals surface area contributed by atoms with E-state index in [0.717, 1.165) is 24.3 Å². The van der Waals surface area contributed by atoms with Crippen LogP contribution < -0.4 is 10.5 Å². The molecular formula is C21H30ClNO3. The minimum atomic E-state index is -0.884. The van der Waals surface area contributed by atoms with E-state index in [9.17, 15) is 10.2 Å². The summed E-state index contributed by atoms with van der Waals surface area (Å²) in [4.78, 5) is 0. The maximum atomic E-state index is 9.21. The Kier molecular flexibility index (Phi) is 9.09. The van der Waals surface area contributed by atoms with Gasteiger partial charge in [-0.25, -0.2) is 0 Å². The minimum Gasteiger partial charge on any atom is -0.457 e. The van der Waals surface area contributed by atoms with Crippen LogP contribution in [0.2, 0.25) is 0 Å². The van der Waals surface area contributed by atoms with Crippen molar-refractivity contribution in [3.05, 3.63) is 59.7 Å². The highest BCUT2D eigenvalue weighted by molar-refractivity contribution is 5.85. The fraction of sp³-hybridized carbons (Fsp3) is 0.429. The average Bonchev–Trinajstić information content (AvgIpc) is 2.63. The molecule has 0 fully saturated rings. The Morgan fingerprint density at radius 1 is 1.00 bits per heavy atom. The van der Waals surface area contributed by atoms with Gasteiger partial charge < -0.3 is 20.7 Å². The summed E-state index contributed by atoms with van der Waals surface area (Å²) in [6, 6.07) is 16.2. The molecular weight excluding hydrogens is 350 g/mol. The summed E-state index contributed by atoms with van der Waals surface area (Å²) in [6.45, 7) is 3.92. The normalized spacial score (nSPS) is 11.3. The van der Waals surface area contributed by atoms with E-state index in [2.05, 4.69) is 26.0 Å². The van der Waals surface area contributed by atoms with Crippen LogP contribution in [0.1, 0.15) is 43.7 Å². The number of aliphatic hydroxyl groups excluding tert-OH is 2. The summed E-state index contributed by atoms with van der Waals surface area (Å²) in [5.41, 5.74) is 7.44. The van der Waals surface area contributed by atoms with Crippen LogP contribution in [0.3, 0.4) is 0 Å². The second-order valence-corrected chi connectivity index (χ2v) is 7.01. The Morgan fingerprint density at radius 2 is 1.65 bits per heavy atom. The zero-order chi connectivity index (χ0) is 18.3. The highest BCUT2D eigenvalue weighted by Crippen LogP contribution is 2.25. The lowest BCUT2D eigenvalue weighted by Gasteiger charge is -2.24. The molecule has 26 heavy (non-hydrogen) atoms. The molecule has 2 aromatic rings. The molecule has 4 nitrogen and oxygen atoms in total. The predicted molar refractivity (Wildman–Crippen MR) is 108 cm³/mol. The third-order valence-corrected chi connectivity index (χ3v) is 4.45. The molecule has 0 radical (unpaired) electrons. The van der Waals surface area contributed by atoms with Crippen molar-refractivity contribution in [3.63, 3.8) is 0 Å². The van der Waals surface area contributed by atoms with Gasteiger partial charge in [-0.3, -0.25) is 0 Å². The first kappa shape index (κ1) is 22.5. The Bertz CT molecular complexity index is 655. The van der Waals surface area contributed by atoms with Crippen molar-refractivity contribution < 1.29 is 14.9 Å². The van der Waals surface area contributed by atoms with Crippen molar-refractivity contribution in [1.29, 1.82) is 0 Å². The molecule has 0 aliphatic carbocycles. The standard InChI is InChI=1S/C21H29NO3.ClH/c1-16(2)18-6-3-7-20(13-18)25-19-10-8-17(9-11-19)5-4-12-21(22,14-23)15-24;/h3,6-11,13,16,23-24H,4-5,12,14-15,22H2,1-2H3;1H. The first-order chi connectivity index (χ1) is 12.0. The first-order valence-corrected chi connectivity index (χ1v) is 8.83. The molecule has 0 spiro atoms. The maximum absolute atomic E-state index is 9.21. The van der Waals surface area contributed by atoms with Crippen LogP contribution in [0.5, 0.6) is 11.5 Å². The van der Waals surface area contributed by atoms with Crippen molar-refractivity contribution >= 4 is 12.4 Å². The fourth-order valence-electron chi connectivity index (χ4n) is 2.65. The number of nitrogens with two attached hydrogens (primary N) is 1. The second kappa shape index (κ2) is 10.5. The molecule has 0 aliphatic heterocycles.